The molecule has 0 spiro atoms. The van der Waals surface area contributed by atoms with Crippen LogP contribution in [0.15, 0.2) is 413 Å². The number of nitrogens with zero attached hydrogens (tertiary/aromatic N) is 7. The van der Waals surface area contributed by atoms with Crippen molar-refractivity contribution in [1.82, 2.24) is 33.6 Å². The summed E-state index contributed by atoms with van der Waals surface area (Å²) in [5, 5.41) is 22.4. The number of fused-ring (bicyclic) bond motifs is 22. The quantitative estimate of drug-likeness (QED) is 0.159. The molecule has 0 unspecified atom stereocenters. The zero-order valence-electron chi connectivity index (χ0n) is 65.5. The van der Waals surface area contributed by atoms with Gasteiger partial charge in [-0.3, -0.25) is 9.13 Å². The van der Waals surface area contributed by atoms with Crippen molar-refractivity contribution >= 4 is 164 Å². The van der Waals surface area contributed by atoms with Crippen LogP contribution in [0.25, 0.3) is 225 Å². The van der Waals surface area contributed by atoms with Gasteiger partial charge in [0.05, 0.1) is 55.2 Å². The minimum absolute atomic E-state index is 0. The maximum Gasteiger partial charge on any atom is 0.165 e. The SMILES string of the molecule is C.Clc1ccc2c(c1)c1c3ccccc3ccc1n2-c1nc2ccccc2nc1-c1ccc(-c2ccccc2)c2ccccc12.c1ccc(-c2ccc(-c3nc4ccccc4nc3-n3c4ccc(-n5c6ccccc6c6cc7ccccc7cc65)cc4c4c5ccccc5ccc43)c3ccccc23)cc1.c1ccc2c(c1)Cc1cc3ccccc3cc1-2. The lowest BCUT2D eigenvalue weighted by Crippen LogP contribution is -2.04. The summed E-state index contributed by atoms with van der Waals surface area (Å²) in [4.78, 5) is 21.7. The molecule has 5 aromatic heterocycles. The van der Waals surface area contributed by atoms with E-state index in [4.69, 9.17) is 31.5 Å². The fraction of sp³-hybridized carbons (Fsp3) is 0.0175. The zero-order valence-corrected chi connectivity index (χ0v) is 66.2. The van der Waals surface area contributed by atoms with E-state index in [2.05, 4.69) is 384 Å². The Hall–Kier alpha value is -15.7. The molecule has 5 heterocycles. The van der Waals surface area contributed by atoms with Gasteiger partial charge in [0.2, 0.25) is 0 Å². The van der Waals surface area contributed by atoms with E-state index in [0.29, 0.717) is 5.02 Å². The normalized spacial score (nSPS) is 11.9. The highest BCUT2D eigenvalue weighted by molar-refractivity contribution is 6.33. The number of rotatable bonds is 7. The molecule has 0 amide bonds. The average Bonchev–Trinajstić information content (AvgIpc) is 1.41. The van der Waals surface area contributed by atoms with Crippen molar-refractivity contribution in [3.05, 3.63) is 429 Å². The molecule has 572 valence electrons. The molecule has 0 fully saturated rings. The first-order chi connectivity index (χ1) is 59.9. The van der Waals surface area contributed by atoms with Crippen LogP contribution in [0.2, 0.25) is 5.02 Å². The van der Waals surface area contributed by atoms with Crippen LogP contribution in [0.1, 0.15) is 18.6 Å². The van der Waals surface area contributed by atoms with E-state index in [1.165, 1.54) is 126 Å². The minimum atomic E-state index is 0. The molecule has 20 aromatic carbocycles. The van der Waals surface area contributed by atoms with Gasteiger partial charge in [0.1, 0.15) is 11.4 Å². The molecule has 0 radical (unpaired) electrons. The van der Waals surface area contributed by atoms with E-state index in [0.717, 1.165) is 117 Å². The Morgan fingerprint density at radius 3 is 1.16 bits per heavy atom. The molecule has 26 rings (SSSR count). The van der Waals surface area contributed by atoms with Crippen LogP contribution in [0.3, 0.4) is 0 Å². The van der Waals surface area contributed by atoms with Crippen LogP contribution >= 0.6 is 11.6 Å². The summed E-state index contributed by atoms with van der Waals surface area (Å²) in [6.07, 6.45) is 1.08. The molecule has 0 N–H and O–H groups in total. The van der Waals surface area contributed by atoms with Crippen LogP contribution in [0, 0.1) is 0 Å². The third-order valence-electron chi connectivity index (χ3n) is 24.8. The second-order valence-electron chi connectivity index (χ2n) is 31.6. The molecule has 0 aliphatic heterocycles. The van der Waals surface area contributed by atoms with Crippen LogP contribution < -0.4 is 0 Å². The second-order valence-corrected chi connectivity index (χ2v) is 32.0. The molecule has 1 aliphatic rings. The van der Waals surface area contributed by atoms with E-state index in [9.17, 15) is 0 Å². The highest BCUT2D eigenvalue weighted by atomic mass is 35.5. The summed E-state index contributed by atoms with van der Waals surface area (Å²) in [5.41, 5.74) is 25.4. The largest absolute Gasteiger partial charge is 0.309 e. The van der Waals surface area contributed by atoms with Gasteiger partial charge in [-0.25, -0.2) is 19.9 Å². The fourth-order valence-corrected chi connectivity index (χ4v) is 19.5. The molecule has 122 heavy (non-hydrogen) atoms. The molecule has 0 saturated carbocycles. The fourth-order valence-electron chi connectivity index (χ4n) is 19.3. The standard InChI is InChI=1S/C56H34N4.C40H24ClN3.C17H12.CH4/c1-2-14-35(15-3-1)40-28-29-45(43-21-9-8-20-42(40)43)55-56(58-49-24-12-11-23-48(49)57-55)60-51-31-27-39(34-47(51)54-41-19-7-6-16-36(41)26-30-52(54)60)59-50-25-13-10-22-44(50)46-32-37-17-4-5-18-38(37)33-53(46)59;41-27-19-23-36-33(24-27)38-29-13-5-4-12-26(29)18-22-37(38)44(36)40-39(42-34-16-8-9-17-35(34)43-40)32-21-20-28(25-10-2-1-3-11-25)30-14-6-7-15-31(30)32;1-2-6-13-11-17-15(9-12(13)5-1)10-14-7-3-4-8-16(14)17;/h1-34H;1-24H;1-9,11H,10H2;1H4. The molecule has 0 atom stereocenters. The maximum atomic E-state index is 6.62. The lowest BCUT2D eigenvalue weighted by atomic mass is 9.93. The summed E-state index contributed by atoms with van der Waals surface area (Å²) in [6.45, 7) is 0. The first-order valence-corrected chi connectivity index (χ1v) is 41.6. The van der Waals surface area contributed by atoms with Gasteiger partial charge in [0, 0.05) is 54.2 Å². The van der Waals surface area contributed by atoms with Gasteiger partial charge in [-0.2, -0.15) is 0 Å². The van der Waals surface area contributed by atoms with Crippen LogP contribution in [0.5, 0.6) is 0 Å². The Kier molecular flexibility index (Phi) is 17.1. The smallest absolute Gasteiger partial charge is 0.165 e. The Bertz CT molecular complexity index is 8590. The molecule has 1 aliphatic carbocycles. The van der Waals surface area contributed by atoms with Gasteiger partial charge >= 0.3 is 0 Å². The highest BCUT2D eigenvalue weighted by Gasteiger charge is 2.27. The summed E-state index contributed by atoms with van der Waals surface area (Å²) < 4.78 is 7.06. The minimum Gasteiger partial charge on any atom is -0.309 e. The van der Waals surface area contributed by atoms with Crippen molar-refractivity contribution in [2.24, 2.45) is 0 Å². The van der Waals surface area contributed by atoms with Gasteiger partial charge in [0.25, 0.3) is 0 Å². The van der Waals surface area contributed by atoms with Gasteiger partial charge in [-0.1, -0.05) is 334 Å². The monoisotopic (exact) mass is 1580 g/mol. The zero-order chi connectivity index (χ0) is 79.8. The summed E-state index contributed by atoms with van der Waals surface area (Å²) in [5.74, 6) is 1.59. The third kappa shape index (κ3) is 11.7. The van der Waals surface area contributed by atoms with Crippen molar-refractivity contribution < 1.29 is 0 Å². The first-order valence-electron chi connectivity index (χ1n) is 41.2. The van der Waals surface area contributed by atoms with Gasteiger partial charge in [0.15, 0.2) is 11.6 Å². The second kappa shape index (κ2) is 29.1. The first kappa shape index (κ1) is 71.6. The number of halogens is 1. The van der Waals surface area contributed by atoms with Crippen molar-refractivity contribution in [1.29, 1.82) is 0 Å². The lowest BCUT2D eigenvalue weighted by molar-refractivity contribution is 1.08. The van der Waals surface area contributed by atoms with Crippen molar-refractivity contribution in [2.75, 3.05) is 0 Å². The molecular weight excluding hydrogens is 1500 g/mol. The number of benzene rings is 20. The molecule has 0 bridgehead atoms. The van der Waals surface area contributed by atoms with Crippen molar-refractivity contribution in [3.63, 3.8) is 0 Å². The predicted octanol–water partition coefficient (Wildman–Crippen LogP) is 30.7. The molecule has 25 aromatic rings. The summed E-state index contributed by atoms with van der Waals surface area (Å²) in [7, 11) is 0. The van der Waals surface area contributed by atoms with E-state index >= 15 is 0 Å². The predicted molar refractivity (Wildman–Crippen MR) is 515 cm³/mol. The van der Waals surface area contributed by atoms with Gasteiger partial charge in [-0.05, 0) is 213 Å². The van der Waals surface area contributed by atoms with Crippen LogP contribution in [-0.4, -0.2) is 33.6 Å². The van der Waals surface area contributed by atoms with Crippen LogP contribution in [-0.2, 0) is 6.42 Å². The van der Waals surface area contributed by atoms with Crippen LogP contribution in [0.4, 0.5) is 0 Å². The van der Waals surface area contributed by atoms with E-state index < -0.39 is 0 Å². The number of para-hydroxylation sites is 5. The Labute approximate surface area is 708 Å². The number of aromatic nitrogens is 7. The van der Waals surface area contributed by atoms with Gasteiger partial charge < -0.3 is 4.57 Å². The third-order valence-corrected chi connectivity index (χ3v) is 25.0. The van der Waals surface area contributed by atoms with Crippen molar-refractivity contribution in [3.8, 4) is 73.2 Å². The topological polar surface area (TPSA) is 66.3 Å². The molecular formula is C114H74ClN7. The number of hydrogen-bond donors (Lipinski definition) is 0. The highest BCUT2D eigenvalue weighted by Crippen LogP contribution is 2.48. The Morgan fingerprint density at radius 1 is 0.213 bits per heavy atom. The molecule has 0 saturated heterocycles. The van der Waals surface area contributed by atoms with E-state index in [-0.39, 0.29) is 7.43 Å². The maximum absolute atomic E-state index is 6.62. The molecule has 7 nitrogen and oxygen atoms in total. The average molecular weight is 1580 g/mol. The summed E-state index contributed by atoms with van der Waals surface area (Å²) in [6, 6.07) is 147. The molecule has 8 heteroatoms. The Morgan fingerprint density at radius 2 is 0.607 bits per heavy atom. The Balaban J connectivity index is 0.000000121. The lowest BCUT2D eigenvalue weighted by Gasteiger charge is -2.17. The number of hydrogen-bond acceptors (Lipinski definition) is 4. The van der Waals surface area contributed by atoms with Gasteiger partial charge in [-0.15, -0.1) is 0 Å². The van der Waals surface area contributed by atoms with E-state index in [1.807, 2.05) is 42.5 Å². The van der Waals surface area contributed by atoms with Crippen molar-refractivity contribution in [2.45, 2.75) is 13.8 Å². The van der Waals surface area contributed by atoms with E-state index in [1.54, 1.807) is 0 Å². The summed E-state index contributed by atoms with van der Waals surface area (Å²) >= 11 is 6.62.